The molecule has 0 unspecified atom stereocenters. The van der Waals surface area contributed by atoms with E-state index in [2.05, 4.69) is 0 Å². The van der Waals surface area contributed by atoms with E-state index in [9.17, 15) is 22.8 Å². The van der Waals surface area contributed by atoms with Crippen molar-refractivity contribution in [3.05, 3.63) is 0 Å². The molecule has 0 heterocycles. The van der Waals surface area contributed by atoms with Gasteiger partial charge >= 0.3 is 12.1 Å². The third-order valence-electron chi connectivity index (χ3n) is 2.12. The summed E-state index contributed by atoms with van der Waals surface area (Å²) in [7, 11) is 0. The molecule has 0 fully saturated rings. The molecule has 0 spiro atoms. The van der Waals surface area contributed by atoms with E-state index >= 15 is 0 Å². The molecule has 0 saturated heterocycles. The Morgan fingerprint density at radius 3 is 2.06 bits per heavy atom. The molecule has 1 amide bonds. The third kappa shape index (κ3) is 4.08. The van der Waals surface area contributed by atoms with Crippen LogP contribution in [0.3, 0.4) is 0 Å². The number of halogens is 3. The average Bonchev–Trinajstić information content (AvgIpc) is 1.99. The largest absolute Gasteiger partial charge is 0.480 e. The smallest absolute Gasteiger partial charge is 0.394 e. The lowest BCUT2D eigenvalue weighted by molar-refractivity contribution is -0.213. The highest BCUT2D eigenvalue weighted by Crippen LogP contribution is 2.40. The van der Waals surface area contributed by atoms with Crippen LogP contribution in [0.4, 0.5) is 13.2 Å². The zero-order valence-corrected chi connectivity index (χ0v) is 9.18. The summed E-state index contributed by atoms with van der Waals surface area (Å²) in [6, 6.07) is -1.20. The lowest BCUT2D eigenvalue weighted by Gasteiger charge is -2.27. The van der Waals surface area contributed by atoms with E-state index in [1.54, 1.807) is 0 Å². The molecule has 0 saturated carbocycles. The van der Waals surface area contributed by atoms with Crippen LogP contribution in [0.25, 0.3) is 0 Å². The molecule has 94 valence electrons. The van der Waals surface area contributed by atoms with Crippen LogP contribution in [0, 0.1) is 5.41 Å². The molecule has 0 aliphatic rings. The number of hydrogen-bond acceptors (Lipinski definition) is 2. The zero-order chi connectivity index (χ0) is 13.1. The fourth-order valence-corrected chi connectivity index (χ4v) is 0.856. The van der Waals surface area contributed by atoms with Gasteiger partial charge in [0.2, 0.25) is 5.91 Å². The Kier molecular flexibility index (Phi) is 4.34. The van der Waals surface area contributed by atoms with E-state index in [0.717, 1.165) is 13.8 Å². The summed E-state index contributed by atoms with van der Waals surface area (Å²) in [5.41, 5.74) is -2.17. The lowest BCUT2D eigenvalue weighted by atomic mass is 9.88. The second-order valence-electron chi connectivity index (χ2n) is 4.19. The van der Waals surface area contributed by atoms with Gasteiger partial charge in [0.1, 0.15) is 6.04 Å². The van der Waals surface area contributed by atoms with Gasteiger partial charge in [0.25, 0.3) is 0 Å². The third-order valence-corrected chi connectivity index (χ3v) is 2.12. The van der Waals surface area contributed by atoms with Gasteiger partial charge in [-0.05, 0) is 6.92 Å². The highest BCUT2D eigenvalue weighted by molar-refractivity contribution is 5.83. The van der Waals surface area contributed by atoms with Gasteiger partial charge in [0.15, 0.2) is 0 Å². The second-order valence-corrected chi connectivity index (χ2v) is 4.19. The van der Waals surface area contributed by atoms with Crippen molar-refractivity contribution in [2.75, 3.05) is 0 Å². The minimum atomic E-state index is -4.50. The molecule has 0 bridgehead atoms. The van der Waals surface area contributed by atoms with Crippen LogP contribution in [0.15, 0.2) is 0 Å². The van der Waals surface area contributed by atoms with E-state index < -0.39 is 35.9 Å². The van der Waals surface area contributed by atoms with Crippen LogP contribution in [-0.4, -0.2) is 29.2 Å². The van der Waals surface area contributed by atoms with Crippen molar-refractivity contribution in [1.82, 2.24) is 5.32 Å². The Morgan fingerprint density at radius 2 is 1.75 bits per heavy atom. The van der Waals surface area contributed by atoms with Crippen molar-refractivity contribution < 1.29 is 27.9 Å². The second kappa shape index (κ2) is 4.71. The molecule has 0 aromatic carbocycles. The summed E-state index contributed by atoms with van der Waals surface area (Å²) in [5.74, 6) is -2.23. The number of carbonyl (C=O) groups is 2. The molecule has 0 aliphatic carbocycles. The highest BCUT2D eigenvalue weighted by Gasteiger charge is 2.48. The summed E-state index contributed by atoms with van der Waals surface area (Å²) in [6.45, 7) is 2.96. The Labute approximate surface area is 90.8 Å². The van der Waals surface area contributed by atoms with E-state index in [4.69, 9.17) is 5.11 Å². The summed E-state index contributed by atoms with van der Waals surface area (Å²) in [4.78, 5) is 21.5. The quantitative estimate of drug-likeness (QED) is 0.784. The predicted octanol–water partition coefficient (Wildman–Crippen LogP) is 1.55. The van der Waals surface area contributed by atoms with E-state index in [-0.39, 0.29) is 0 Å². The van der Waals surface area contributed by atoms with Crippen LogP contribution < -0.4 is 5.32 Å². The predicted molar refractivity (Wildman–Crippen MR) is 49.7 cm³/mol. The minimum absolute atomic E-state index is 0.798. The van der Waals surface area contributed by atoms with Crippen molar-refractivity contribution in [1.29, 1.82) is 0 Å². The summed E-state index contributed by atoms with van der Waals surface area (Å²) in [5, 5.41) is 10.4. The topological polar surface area (TPSA) is 66.4 Å². The summed E-state index contributed by atoms with van der Waals surface area (Å²) in [6.07, 6.45) is -5.30. The lowest BCUT2D eigenvalue weighted by Crippen LogP contribution is -2.43. The Morgan fingerprint density at radius 1 is 1.31 bits per heavy atom. The van der Waals surface area contributed by atoms with Crippen molar-refractivity contribution >= 4 is 11.9 Å². The number of aliphatic carboxylic acids is 1. The van der Waals surface area contributed by atoms with Gasteiger partial charge < -0.3 is 10.4 Å². The molecule has 16 heavy (non-hydrogen) atoms. The van der Waals surface area contributed by atoms with Gasteiger partial charge in [-0.1, -0.05) is 13.8 Å². The molecule has 0 aromatic rings. The number of carboxylic acids is 1. The van der Waals surface area contributed by atoms with E-state index in [0.29, 0.717) is 0 Å². The molecule has 1 atom stereocenters. The number of nitrogens with one attached hydrogen (secondary N) is 1. The molecule has 4 nitrogen and oxygen atoms in total. The monoisotopic (exact) mass is 241 g/mol. The highest BCUT2D eigenvalue weighted by atomic mass is 19.4. The molecular formula is C9H14F3NO3. The van der Waals surface area contributed by atoms with E-state index in [1.807, 2.05) is 5.32 Å². The maximum absolute atomic E-state index is 12.4. The maximum Gasteiger partial charge on any atom is 0.394 e. The van der Waals surface area contributed by atoms with Crippen LogP contribution in [0.1, 0.15) is 27.2 Å². The standard InChI is InChI=1S/C9H14F3NO3/c1-5(7(15)16)13-6(14)4-8(2,3)9(10,11)12/h5H,4H2,1-3H3,(H,13,14)(H,15,16)/t5-/m0/s1. The molecule has 0 aliphatic heterocycles. The Balaban J connectivity index is 4.42. The van der Waals surface area contributed by atoms with Gasteiger partial charge in [-0.2, -0.15) is 13.2 Å². The van der Waals surface area contributed by atoms with Crippen LogP contribution in [0.2, 0.25) is 0 Å². The van der Waals surface area contributed by atoms with Crippen molar-refractivity contribution in [3.63, 3.8) is 0 Å². The van der Waals surface area contributed by atoms with Gasteiger partial charge in [0.05, 0.1) is 5.41 Å². The van der Waals surface area contributed by atoms with Gasteiger partial charge in [-0.15, -0.1) is 0 Å². The number of hydrogen-bond donors (Lipinski definition) is 2. The Hall–Kier alpha value is -1.27. The molecule has 7 heteroatoms. The van der Waals surface area contributed by atoms with Crippen molar-refractivity contribution in [2.45, 2.75) is 39.4 Å². The normalized spacial score (nSPS) is 14.4. The first kappa shape index (κ1) is 14.7. The number of rotatable bonds is 4. The Bertz CT molecular complexity index is 286. The minimum Gasteiger partial charge on any atom is -0.480 e. The molecular weight excluding hydrogens is 227 g/mol. The molecule has 0 radical (unpaired) electrons. The van der Waals surface area contributed by atoms with Crippen molar-refractivity contribution in [3.8, 4) is 0 Å². The SMILES string of the molecule is C[C@H](NC(=O)CC(C)(C)C(F)(F)F)C(=O)O. The number of amides is 1. The zero-order valence-electron chi connectivity index (χ0n) is 9.18. The molecule has 0 aromatic heterocycles. The van der Waals surface area contributed by atoms with Crippen molar-refractivity contribution in [2.24, 2.45) is 5.41 Å². The summed E-state index contributed by atoms with van der Waals surface area (Å²) < 4.78 is 37.2. The molecule has 2 N–H and O–H groups in total. The number of alkyl halides is 3. The average molecular weight is 241 g/mol. The summed E-state index contributed by atoms with van der Waals surface area (Å²) >= 11 is 0. The number of carbonyl (C=O) groups excluding carboxylic acids is 1. The fourth-order valence-electron chi connectivity index (χ4n) is 0.856. The number of carboxylic acid groups (broad SMARTS) is 1. The first-order valence-electron chi connectivity index (χ1n) is 4.56. The van der Waals surface area contributed by atoms with Crippen LogP contribution in [0.5, 0.6) is 0 Å². The van der Waals surface area contributed by atoms with Gasteiger partial charge in [-0.3, -0.25) is 9.59 Å². The van der Waals surface area contributed by atoms with Crippen LogP contribution >= 0.6 is 0 Å². The maximum atomic E-state index is 12.4. The first-order valence-corrected chi connectivity index (χ1v) is 4.56. The van der Waals surface area contributed by atoms with Gasteiger partial charge in [0, 0.05) is 6.42 Å². The molecule has 0 rings (SSSR count). The first-order chi connectivity index (χ1) is 6.97. The van der Waals surface area contributed by atoms with Crippen LogP contribution in [-0.2, 0) is 9.59 Å². The fraction of sp³-hybridized carbons (Fsp3) is 0.778. The van der Waals surface area contributed by atoms with Gasteiger partial charge in [-0.25, -0.2) is 0 Å². The van der Waals surface area contributed by atoms with E-state index in [1.165, 1.54) is 6.92 Å².